The summed E-state index contributed by atoms with van der Waals surface area (Å²) < 4.78 is 5.15. The van der Waals surface area contributed by atoms with Crippen molar-refractivity contribution in [3.05, 3.63) is 59.9 Å². The summed E-state index contributed by atoms with van der Waals surface area (Å²) in [5, 5.41) is 6.12. The van der Waals surface area contributed by atoms with Gasteiger partial charge in [-0.1, -0.05) is 0 Å². The molecule has 2 aromatic heterocycles. The summed E-state index contributed by atoms with van der Waals surface area (Å²) in [7, 11) is 1.49. The number of aromatic nitrogens is 3. The molecule has 3 aromatic rings. The number of carbonyl (C=O) groups excluding carboxylic acids is 1. The van der Waals surface area contributed by atoms with Crippen molar-refractivity contribution in [2.24, 2.45) is 0 Å². The van der Waals surface area contributed by atoms with Gasteiger partial charge < -0.3 is 20.3 Å². The van der Waals surface area contributed by atoms with Crippen LogP contribution < -0.4 is 20.3 Å². The summed E-state index contributed by atoms with van der Waals surface area (Å²) in [5.41, 5.74) is 2.81. The molecule has 1 amide bonds. The number of hydrogen-bond donors (Lipinski definition) is 2. The van der Waals surface area contributed by atoms with Crippen LogP contribution in [0.25, 0.3) is 0 Å². The van der Waals surface area contributed by atoms with Gasteiger partial charge in [-0.3, -0.25) is 4.79 Å². The Labute approximate surface area is 181 Å². The van der Waals surface area contributed by atoms with E-state index in [-0.39, 0.29) is 5.91 Å². The molecule has 0 atom stereocenters. The molecular weight excluding hydrogens is 392 g/mol. The van der Waals surface area contributed by atoms with Crippen LogP contribution in [0.15, 0.2) is 48.7 Å². The highest BCUT2D eigenvalue weighted by Crippen LogP contribution is 2.23. The van der Waals surface area contributed by atoms with Gasteiger partial charge in [-0.25, -0.2) is 9.97 Å². The van der Waals surface area contributed by atoms with E-state index in [4.69, 9.17) is 9.72 Å². The van der Waals surface area contributed by atoms with Gasteiger partial charge in [-0.2, -0.15) is 4.98 Å². The summed E-state index contributed by atoms with van der Waals surface area (Å²) in [6.45, 7) is 4.05. The molecule has 1 aliphatic rings. The average molecular weight is 419 g/mol. The van der Waals surface area contributed by atoms with E-state index >= 15 is 0 Å². The fraction of sp³-hybridized carbons (Fsp3) is 0.304. The maximum Gasteiger partial charge on any atom is 0.261 e. The first-order valence-electron chi connectivity index (χ1n) is 10.4. The van der Waals surface area contributed by atoms with Crippen molar-refractivity contribution in [3.8, 4) is 5.88 Å². The summed E-state index contributed by atoms with van der Waals surface area (Å²) in [6.07, 6.45) is 5.26. The first-order valence-corrected chi connectivity index (χ1v) is 10.4. The number of pyridine rings is 1. The lowest BCUT2D eigenvalue weighted by Gasteiger charge is -2.28. The number of nitrogens with one attached hydrogen (secondary N) is 2. The third-order valence-electron chi connectivity index (χ3n) is 5.13. The van der Waals surface area contributed by atoms with Crippen LogP contribution in [0.1, 0.15) is 35.3 Å². The lowest BCUT2D eigenvalue weighted by atomic mass is 10.1. The third kappa shape index (κ3) is 5.09. The van der Waals surface area contributed by atoms with Crippen LogP contribution in [0.2, 0.25) is 0 Å². The van der Waals surface area contributed by atoms with Crippen molar-refractivity contribution in [2.75, 3.05) is 35.7 Å². The number of ether oxygens (including phenoxy) is 1. The number of hydrogen-bond acceptors (Lipinski definition) is 7. The van der Waals surface area contributed by atoms with E-state index in [1.807, 2.05) is 37.3 Å². The first-order chi connectivity index (χ1) is 15.1. The van der Waals surface area contributed by atoms with Crippen molar-refractivity contribution in [2.45, 2.75) is 26.2 Å². The quantitative estimate of drug-likeness (QED) is 0.620. The van der Waals surface area contributed by atoms with Gasteiger partial charge in [-0.05, 0) is 62.6 Å². The zero-order chi connectivity index (χ0) is 21.6. The van der Waals surface area contributed by atoms with Gasteiger partial charge in [0.25, 0.3) is 5.91 Å². The highest BCUT2D eigenvalue weighted by Gasteiger charge is 2.15. The van der Waals surface area contributed by atoms with E-state index in [2.05, 4.69) is 25.5 Å². The zero-order valence-electron chi connectivity index (χ0n) is 17.8. The minimum Gasteiger partial charge on any atom is -0.480 e. The second kappa shape index (κ2) is 9.42. The molecule has 31 heavy (non-hydrogen) atoms. The molecule has 0 aliphatic carbocycles. The van der Waals surface area contributed by atoms with Crippen LogP contribution >= 0.6 is 0 Å². The Bertz CT molecular complexity index is 1050. The van der Waals surface area contributed by atoms with Gasteiger partial charge in [0.2, 0.25) is 11.8 Å². The standard InChI is InChI=1S/C23H26N6O2/c1-16-15-20(29-13-4-3-5-14-29)28-23(25-16)27-18-10-8-17(9-11-18)26-21(30)19-7-6-12-24-22(19)31-2/h6-12,15H,3-5,13-14H2,1-2H3,(H,26,30)(H,25,27,28). The van der Waals surface area contributed by atoms with E-state index in [0.717, 1.165) is 30.3 Å². The highest BCUT2D eigenvalue weighted by atomic mass is 16.5. The second-order valence-electron chi connectivity index (χ2n) is 7.46. The van der Waals surface area contributed by atoms with Crippen molar-refractivity contribution in [1.82, 2.24) is 15.0 Å². The van der Waals surface area contributed by atoms with Crippen LogP contribution in [0, 0.1) is 6.92 Å². The van der Waals surface area contributed by atoms with Gasteiger partial charge in [0.15, 0.2) is 0 Å². The van der Waals surface area contributed by atoms with Crippen LogP contribution in [-0.2, 0) is 0 Å². The van der Waals surface area contributed by atoms with E-state index in [9.17, 15) is 4.79 Å². The summed E-state index contributed by atoms with van der Waals surface area (Å²) in [4.78, 5) is 28.1. The molecule has 4 rings (SSSR count). The molecule has 1 aliphatic heterocycles. The molecule has 3 heterocycles. The monoisotopic (exact) mass is 418 g/mol. The molecule has 0 unspecified atom stereocenters. The van der Waals surface area contributed by atoms with E-state index in [0.29, 0.717) is 23.1 Å². The minimum atomic E-state index is -0.279. The van der Waals surface area contributed by atoms with Crippen LogP contribution in [-0.4, -0.2) is 41.1 Å². The van der Waals surface area contributed by atoms with Crippen LogP contribution in [0.5, 0.6) is 5.88 Å². The lowest BCUT2D eigenvalue weighted by Crippen LogP contribution is -2.30. The zero-order valence-corrected chi connectivity index (χ0v) is 17.8. The summed E-state index contributed by atoms with van der Waals surface area (Å²) in [6, 6.07) is 12.8. The molecule has 2 N–H and O–H groups in total. The Hall–Kier alpha value is -3.68. The highest BCUT2D eigenvalue weighted by molar-refractivity contribution is 6.05. The average Bonchev–Trinajstić information content (AvgIpc) is 2.80. The predicted molar refractivity (Wildman–Crippen MR) is 121 cm³/mol. The molecule has 1 fully saturated rings. The number of methoxy groups -OCH3 is 1. The van der Waals surface area contributed by atoms with E-state index < -0.39 is 0 Å². The Morgan fingerprint density at radius 1 is 1.03 bits per heavy atom. The lowest BCUT2D eigenvalue weighted by molar-refractivity contribution is 0.102. The molecule has 1 saturated heterocycles. The molecular formula is C23H26N6O2. The fourth-order valence-electron chi connectivity index (χ4n) is 3.58. The van der Waals surface area contributed by atoms with Crippen LogP contribution in [0.4, 0.5) is 23.1 Å². The Balaban J connectivity index is 1.44. The maximum atomic E-state index is 12.5. The Kier molecular flexibility index (Phi) is 6.26. The third-order valence-corrected chi connectivity index (χ3v) is 5.13. The van der Waals surface area contributed by atoms with Gasteiger partial charge >= 0.3 is 0 Å². The maximum absolute atomic E-state index is 12.5. The summed E-state index contributed by atoms with van der Waals surface area (Å²) in [5.74, 6) is 1.54. The van der Waals surface area contributed by atoms with Crippen LogP contribution in [0.3, 0.4) is 0 Å². The SMILES string of the molecule is COc1ncccc1C(=O)Nc1ccc(Nc2nc(C)cc(N3CCCCC3)n2)cc1. The number of aryl methyl sites for hydroxylation is 1. The number of anilines is 4. The van der Waals surface area contributed by atoms with Gasteiger partial charge in [0.05, 0.1) is 7.11 Å². The number of rotatable bonds is 6. The fourth-order valence-corrected chi connectivity index (χ4v) is 3.58. The van der Waals surface area contributed by atoms with E-state index in [1.54, 1.807) is 18.3 Å². The Morgan fingerprint density at radius 2 is 1.77 bits per heavy atom. The number of piperidine rings is 1. The Morgan fingerprint density at radius 3 is 2.52 bits per heavy atom. The topological polar surface area (TPSA) is 92.3 Å². The molecule has 160 valence electrons. The molecule has 1 aromatic carbocycles. The van der Waals surface area contributed by atoms with Gasteiger partial charge in [-0.15, -0.1) is 0 Å². The second-order valence-corrected chi connectivity index (χ2v) is 7.46. The van der Waals surface area contributed by atoms with Crippen molar-refractivity contribution in [1.29, 1.82) is 0 Å². The molecule has 0 bridgehead atoms. The normalized spacial score (nSPS) is 13.5. The van der Waals surface area contributed by atoms with Gasteiger partial charge in [0.1, 0.15) is 11.4 Å². The largest absolute Gasteiger partial charge is 0.480 e. The van der Waals surface area contributed by atoms with Gasteiger partial charge in [0, 0.05) is 42.4 Å². The smallest absolute Gasteiger partial charge is 0.261 e. The number of carbonyl (C=O) groups is 1. The molecule has 8 heteroatoms. The molecule has 8 nitrogen and oxygen atoms in total. The van der Waals surface area contributed by atoms with Crippen molar-refractivity contribution >= 4 is 29.0 Å². The number of nitrogens with zero attached hydrogens (tertiary/aromatic N) is 4. The number of benzene rings is 1. The molecule has 0 saturated carbocycles. The van der Waals surface area contributed by atoms with Crippen molar-refractivity contribution < 1.29 is 9.53 Å². The summed E-state index contributed by atoms with van der Waals surface area (Å²) >= 11 is 0. The molecule has 0 radical (unpaired) electrons. The van der Waals surface area contributed by atoms with E-state index in [1.165, 1.54) is 26.4 Å². The predicted octanol–water partition coefficient (Wildman–Crippen LogP) is 4.17. The first kappa shape index (κ1) is 20.6. The molecule has 0 spiro atoms. The van der Waals surface area contributed by atoms with Crippen molar-refractivity contribution in [3.63, 3.8) is 0 Å². The number of amides is 1. The minimum absolute atomic E-state index is 0.279.